The molecule has 8 heteroatoms. The third-order valence-electron chi connectivity index (χ3n) is 8.79. The van der Waals surface area contributed by atoms with Crippen LogP contribution in [0.15, 0.2) is 10.5 Å². The Labute approximate surface area is 239 Å². The molecule has 0 amide bonds. The average molecular weight is 622 g/mol. The molecule has 210 valence electrons. The number of carbonyl (C=O) groups excluding carboxylic acids is 1. The second-order valence-electron chi connectivity index (χ2n) is 14.6. The highest BCUT2D eigenvalue weighted by Gasteiger charge is 2.64. The van der Waals surface area contributed by atoms with Gasteiger partial charge in [0.25, 0.3) is 0 Å². The van der Waals surface area contributed by atoms with E-state index in [0.29, 0.717) is 24.2 Å². The van der Waals surface area contributed by atoms with E-state index in [4.69, 9.17) is 18.0 Å². The Morgan fingerprint density at radius 3 is 2.05 bits per heavy atom. The van der Waals surface area contributed by atoms with Crippen LogP contribution in [0.4, 0.5) is 0 Å². The fourth-order valence-electron chi connectivity index (χ4n) is 5.89. The van der Waals surface area contributed by atoms with Gasteiger partial charge in [0.15, 0.2) is 14.1 Å². The molecule has 0 radical (unpaired) electrons. The topological polar surface area (TPSA) is 54.0 Å². The molecule has 0 aromatic heterocycles. The monoisotopic (exact) mass is 620 g/mol. The molecule has 1 aliphatic carbocycles. The summed E-state index contributed by atoms with van der Waals surface area (Å²) < 4.78 is 28.0. The largest absolute Gasteiger partial charge is 0.510 e. The maximum Gasteiger partial charge on any atom is 0.471 e. The first kappa shape index (κ1) is 29.6. The lowest BCUT2D eigenvalue weighted by Gasteiger charge is -2.51. The number of carbonyl (C=O) groups is 1. The van der Waals surface area contributed by atoms with Crippen LogP contribution in [0.25, 0.3) is 10.8 Å². The molecule has 0 N–H and O–H groups in total. The number of rotatable bonds is 3. The molecule has 4 rings (SSSR count). The van der Waals surface area contributed by atoms with E-state index in [-0.39, 0.29) is 20.9 Å². The number of halogens is 1. The Bertz CT molecular complexity index is 1300. The third kappa shape index (κ3) is 4.29. The number of benzene rings is 2. The molecule has 2 aliphatic rings. The molecule has 2 aromatic rings. The van der Waals surface area contributed by atoms with Crippen molar-refractivity contribution in [2.75, 3.05) is 7.11 Å². The SMILES string of the molecule is COc1c2c(c3c4c(c(Br)c(C)cc14)O[Si](C(C)(C)C)(C(C)(C)C)O3)C(=O)[C@@H](O[Si](C)(C)C(C)(C)C)CC2. The minimum absolute atomic E-state index is 0.00143. The molecule has 0 spiro atoms. The highest BCUT2D eigenvalue weighted by Crippen LogP contribution is 2.61. The number of hydrogen-bond acceptors (Lipinski definition) is 5. The van der Waals surface area contributed by atoms with Crippen LogP contribution < -0.4 is 13.6 Å². The number of hydrogen-bond donors (Lipinski definition) is 0. The van der Waals surface area contributed by atoms with E-state index in [0.717, 1.165) is 37.9 Å². The summed E-state index contributed by atoms with van der Waals surface area (Å²) in [4.78, 5) is 14.4. The number of ketones is 1. The van der Waals surface area contributed by atoms with Crippen LogP contribution in [0.3, 0.4) is 0 Å². The summed E-state index contributed by atoms with van der Waals surface area (Å²) in [5, 5.41) is 1.19. The molecule has 0 saturated carbocycles. The van der Waals surface area contributed by atoms with E-state index in [1.54, 1.807) is 7.11 Å². The fourth-order valence-corrected chi connectivity index (χ4v) is 12.2. The van der Waals surface area contributed by atoms with Crippen molar-refractivity contribution < 1.29 is 22.8 Å². The number of fused-ring (bicyclic) bond motifs is 2. The molecule has 0 unspecified atom stereocenters. The molecular weight excluding hydrogens is 576 g/mol. The predicted octanol–water partition coefficient (Wildman–Crippen LogP) is 9.25. The number of ether oxygens (including phenoxy) is 1. The van der Waals surface area contributed by atoms with Crippen molar-refractivity contribution in [1.82, 2.24) is 0 Å². The summed E-state index contributed by atoms with van der Waals surface area (Å²) in [5.41, 5.74) is 2.61. The zero-order valence-electron chi connectivity index (χ0n) is 25.5. The van der Waals surface area contributed by atoms with Crippen molar-refractivity contribution >= 4 is 49.4 Å². The minimum Gasteiger partial charge on any atom is -0.510 e. The maximum atomic E-state index is 14.4. The lowest BCUT2D eigenvalue weighted by Crippen LogP contribution is -2.63. The molecule has 1 atom stereocenters. The van der Waals surface area contributed by atoms with Gasteiger partial charge in [-0.2, -0.15) is 0 Å². The van der Waals surface area contributed by atoms with Crippen molar-refractivity contribution in [3.8, 4) is 17.2 Å². The quantitative estimate of drug-likeness (QED) is 0.320. The second-order valence-corrected chi connectivity index (χ2v) is 24.8. The molecule has 38 heavy (non-hydrogen) atoms. The lowest BCUT2D eigenvalue weighted by molar-refractivity contribution is 0.0729. The first-order valence-electron chi connectivity index (χ1n) is 13.6. The lowest BCUT2D eigenvalue weighted by atomic mass is 9.84. The van der Waals surface area contributed by atoms with Crippen LogP contribution in [0, 0.1) is 6.92 Å². The first-order chi connectivity index (χ1) is 17.2. The normalized spacial score (nSPS) is 19.6. The average Bonchev–Trinajstić information content (AvgIpc) is 2.76. The van der Waals surface area contributed by atoms with E-state index in [1.165, 1.54) is 0 Å². The standard InChI is InChI=1S/C30H45BrO5Si2/c1-17-16-19-22-26(35-38(29(5,6)7,30(8,9)10)36-27(22)23(17)31)21-18(25(19)33-11)14-15-20(24(21)32)34-37(12,13)28(2,3)4/h16,20H,14-15H2,1-13H3/t20-/m0/s1. The van der Waals surface area contributed by atoms with Crippen LogP contribution in [-0.4, -0.2) is 35.9 Å². The van der Waals surface area contributed by atoms with Crippen molar-refractivity contribution in [2.24, 2.45) is 0 Å². The third-order valence-corrected chi connectivity index (χ3v) is 19.2. The van der Waals surface area contributed by atoms with Crippen molar-refractivity contribution in [3.63, 3.8) is 0 Å². The van der Waals surface area contributed by atoms with Gasteiger partial charge in [-0.3, -0.25) is 4.79 Å². The van der Waals surface area contributed by atoms with Gasteiger partial charge in [0, 0.05) is 21.0 Å². The van der Waals surface area contributed by atoms with Crippen LogP contribution in [0.1, 0.15) is 90.2 Å². The minimum atomic E-state index is -3.04. The molecule has 1 aliphatic heterocycles. The van der Waals surface area contributed by atoms with Gasteiger partial charge in [-0.25, -0.2) is 0 Å². The number of aryl methyl sites for hydroxylation is 1. The van der Waals surface area contributed by atoms with Crippen molar-refractivity contribution in [1.29, 1.82) is 0 Å². The molecular formula is C30H45BrO5Si2. The molecule has 0 bridgehead atoms. The highest BCUT2D eigenvalue weighted by molar-refractivity contribution is 9.10. The fraction of sp³-hybridized carbons (Fsp3) is 0.633. The molecule has 2 aromatic carbocycles. The molecule has 5 nitrogen and oxygen atoms in total. The van der Waals surface area contributed by atoms with Gasteiger partial charge >= 0.3 is 8.56 Å². The van der Waals surface area contributed by atoms with Gasteiger partial charge in [0.2, 0.25) is 0 Å². The summed E-state index contributed by atoms with van der Waals surface area (Å²) in [6, 6.07) is 2.11. The summed E-state index contributed by atoms with van der Waals surface area (Å²) in [7, 11) is -3.53. The van der Waals surface area contributed by atoms with E-state index in [1.807, 2.05) is 0 Å². The van der Waals surface area contributed by atoms with Crippen LogP contribution in [-0.2, 0) is 10.8 Å². The van der Waals surface area contributed by atoms with E-state index >= 15 is 0 Å². The predicted molar refractivity (Wildman–Crippen MR) is 164 cm³/mol. The van der Waals surface area contributed by atoms with Gasteiger partial charge < -0.3 is 18.0 Å². The number of methoxy groups -OCH3 is 1. The zero-order valence-corrected chi connectivity index (χ0v) is 29.1. The Hall–Kier alpha value is -1.36. The smallest absolute Gasteiger partial charge is 0.471 e. The van der Waals surface area contributed by atoms with Gasteiger partial charge in [-0.05, 0) is 65.5 Å². The maximum absolute atomic E-state index is 14.4. The van der Waals surface area contributed by atoms with Crippen molar-refractivity contribution in [3.05, 3.63) is 27.2 Å². The summed E-state index contributed by atoms with van der Waals surface area (Å²) in [6.07, 6.45) is 0.839. The Balaban J connectivity index is 2.07. The van der Waals surface area contributed by atoms with Gasteiger partial charge in [0.1, 0.15) is 23.4 Å². The van der Waals surface area contributed by atoms with Gasteiger partial charge in [-0.15, -0.1) is 0 Å². The van der Waals surface area contributed by atoms with Crippen LogP contribution in [0.2, 0.25) is 28.2 Å². The molecule has 1 heterocycles. The zero-order chi connectivity index (χ0) is 28.8. The molecule has 0 fully saturated rings. The number of Topliss-reactive ketones (excluding diaryl/α,β-unsaturated/α-hetero) is 1. The van der Waals surface area contributed by atoms with E-state index in [2.05, 4.69) is 104 Å². The van der Waals surface area contributed by atoms with Gasteiger partial charge in [0.05, 0.1) is 22.5 Å². The summed E-state index contributed by atoms with van der Waals surface area (Å²) >= 11 is 3.84. The highest BCUT2D eigenvalue weighted by atomic mass is 79.9. The first-order valence-corrected chi connectivity index (χ1v) is 19.2. The molecule has 0 saturated heterocycles. The van der Waals surface area contributed by atoms with Crippen LogP contribution in [0.5, 0.6) is 17.2 Å². The van der Waals surface area contributed by atoms with E-state index in [9.17, 15) is 4.79 Å². The Kier molecular flexibility index (Phi) is 7.08. The Morgan fingerprint density at radius 2 is 1.55 bits per heavy atom. The van der Waals surface area contributed by atoms with Crippen molar-refractivity contribution in [2.45, 2.75) is 116 Å². The van der Waals surface area contributed by atoms with Gasteiger partial charge in [-0.1, -0.05) is 62.3 Å². The summed E-state index contributed by atoms with van der Waals surface area (Å²) in [6.45, 7) is 26.3. The van der Waals surface area contributed by atoms with E-state index < -0.39 is 23.0 Å². The Morgan fingerprint density at radius 1 is 1.00 bits per heavy atom. The van der Waals surface area contributed by atoms with Crippen LogP contribution >= 0.6 is 15.9 Å². The summed E-state index contributed by atoms with van der Waals surface area (Å²) in [5.74, 6) is 2.16. The second kappa shape index (κ2) is 9.08.